The lowest BCUT2D eigenvalue weighted by Gasteiger charge is -2.19. The Bertz CT molecular complexity index is 633. The van der Waals surface area contributed by atoms with Crippen LogP contribution >= 0.6 is 46.3 Å². The van der Waals surface area contributed by atoms with E-state index in [4.69, 9.17) is 23.2 Å². The normalized spacial score (nSPS) is 11.8. The van der Waals surface area contributed by atoms with E-state index in [1.807, 2.05) is 20.8 Å². The molecule has 0 fully saturated rings. The summed E-state index contributed by atoms with van der Waals surface area (Å²) in [5.74, 6) is 0.120. The molecule has 0 aliphatic heterocycles. The smallest absolute Gasteiger partial charge is 0.210 e. The summed E-state index contributed by atoms with van der Waals surface area (Å²) in [6, 6.07) is 1.59. The van der Waals surface area contributed by atoms with E-state index >= 15 is 0 Å². The largest absolute Gasteiger partial charge is 0.293 e. The molecule has 0 unspecified atom stereocenters. The van der Waals surface area contributed by atoms with Crippen LogP contribution in [0.15, 0.2) is 11.2 Å². The standard InChI is InChI=1S/C11H12Cl2N4OS2/c1-11(2,3)17-10(14-15-16-17)19-5-7(18)6-4-8(12)20-9(6)13/h4H,5H2,1-3H3. The van der Waals surface area contributed by atoms with Crippen LogP contribution < -0.4 is 0 Å². The van der Waals surface area contributed by atoms with Crippen LogP contribution in [0.25, 0.3) is 0 Å². The summed E-state index contributed by atoms with van der Waals surface area (Å²) in [6.07, 6.45) is 0. The summed E-state index contributed by atoms with van der Waals surface area (Å²) in [5, 5.41) is 12.1. The van der Waals surface area contributed by atoms with Crippen LogP contribution in [0.3, 0.4) is 0 Å². The molecule has 20 heavy (non-hydrogen) atoms. The molecule has 0 aliphatic rings. The van der Waals surface area contributed by atoms with Gasteiger partial charge in [-0.05, 0) is 37.3 Å². The van der Waals surface area contributed by atoms with E-state index in [0.717, 1.165) is 0 Å². The van der Waals surface area contributed by atoms with Crippen molar-refractivity contribution in [3.05, 3.63) is 20.3 Å². The van der Waals surface area contributed by atoms with E-state index in [1.54, 1.807) is 10.7 Å². The Labute approximate surface area is 134 Å². The van der Waals surface area contributed by atoms with Gasteiger partial charge in [0.05, 0.1) is 15.6 Å². The quantitative estimate of drug-likeness (QED) is 0.620. The minimum Gasteiger partial charge on any atom is -0.293 e. The highest BCUT2D eigenvalue weighted by molar-refractivity contribution is 7.99. The fourth-order valence-electron chi connectivity index (χ4n) is 1.43. The molecule has 0 radical (unpaired) electrons. The number of Topliss-reactive ketones (excluding diaryl/α,β-unsaturated/α-hetero) is 1. The summed E-state index contributed by atoms with van der Waals surface area (Å²) in [7, 11) is 0. The Morgan fingerprint density at radius 3 is 2.70 bits per heavy atom. The third-order valence-electron chi connectivity index (χ3n) is 2.37. The molecule has 0 aliphatic carbocycles. The first-order chi connectivity index (χ1) is 9.29. The molecule has 0 saturated carbocycles. The molecule has 0 N–H and O–H groups in total. The highest BCUT2D eigenvalue weighted by Gasteiger charge is 2.21. The van der Waals surface area contributed by atoms with Crippen molar-refractivity contribution in [2.24, 2.45) is 0 Å². The summed E-state index contributed by atoms with van der Waals surface area (Å²) in [6.45, 7) is 5.97. The van der Waals surface area contributed by atoms with Crippen LogP contribution in [-0.2, 0) is 5.54 Å². The van der Waals surface area contributed by atoms with Gasteiger partial charge in [0.15, 0.2) is 5.78 Å². The number of nitrogens with zero attached hydrogens (tertiary/aromatic N) is 4. The van der Waals surface area contributed by atoms with Crippen molar-refractivity contribution in [3.8, 4) is 0 Å². The molecule has 9 heteroatoms. The lowest BCUT2D eigenvalue weighted by molar-refractivity contribution is 0.102. The zero-order valence-corrected chi connectivity index (χ0v) is 14.2. The second-order valence-electron chi connectivity index (χ2n) is 4.99. The maximum atomic E-state index is 12.1. The van der Waals surface area contributed by atoms with E-state index in [0.29, 0.717) is 19.4 Å². The Morgan fingerprint density at radius 1 is 1.45 bits per heavy atom. The van der Waals surface area contributed by atoms with Crippen LogP contribution in [0.4, 0.5) is 0 Å². The molecular formula is C11H12Cl2N4OS2. The molecule has 108 valence electrons. The molecule has 0 spiro atoms. The number of thioether (sulfide) groups is 1. The number of rotatable bonds is 4. The van der Waals surface area contributed by atoms with Gasteiger partial charge >= 0.3 is 0 Å². The fourth-order valence-corrected chi connectivity index (χ4v) is 3.87. The second kappa shape index (κ2) is 6.01. The average molecular weight is 351 g/mol. The zero-order chi connectivity index (χ0) is 14.9. The molecule has 2 heterocycles. The Balaban J connectivity index is 2.08. The number of ketones is 1. The van der Waals surface area contributed by atoms with Gasteiger partial charge in [0.25, 0.3) is 0 Å². The van der Waals surface area contributed by atoms with Gasteiger partial charge < -0.3 is 0 Å². The van der Waals surface area contributed by atoms with Gasteiger partial charge in [-0.2, -0.15) is 0 Å². The predicted octanol–water partition coefficient (Wildman–Crippen LogP) is 3.77. The molecule has 2 rings (SSSR count). The van der Waals surface area contributed by atoms with Crippen molar-refractivity contribution >= 4 is 52.1 Å². The highest BCUT2D eigenvalue weighted by Crippen LogP contribution is 2.32. The predicted molar refractivity (Wildman–Crippen MR) is 82.2 cm³/mol. The van der Waals surface area contributed by atoms with Crippen LogP contribution in [0, 0.1) is 0 Å². The zero-order valence-electron chi connectivity index (χ0n) is 11.1. The molecular weight excluding hydrogens is 339 g/mol. The summed E-state index contributed by atoms with van der Waals surface area (Å²) >= 11 is 14.3. The number of thiophene rings is 1. The van der Waals surface area contributed by atoms with E-state index < -0.39 is 0 Å². The second-order valence-corrected chi connectivity index (χ2v) is 8.22. The Hall–Kier alpha value is -0.630. The number of carbonyl (C=O) groups is 1. The monoisotopic (exact) mass is 350 g/mol. The molecule has 5 nitrogen and oxygen atoms in total. The maximum absolute atomic E-state index is 12.1. The minimum atomic E-state index is -0.238. The number of aromatic nitrogens is 4. The van der Waals surface area contributed by atoms with E-state index in [-0.39, 0.29) is 17.1 Å². The molecule has 0 amide bonds. The van der Waals surface area contributed by atoms with Gasteiger partial charge in [-0.1, -0.05) is 35.0 Å². The van der Waals surface area contributed by atoms with Crippen molar-refractivity contribution in [3.63, 3.8) is 0 Å². The topological polar surface area (TPSA) is 60.7 Å². The van der Waals surface area contributed by atoms with Crippen LogP contribution in [0.5, 0.6) is 0 Å². The number of halogens is 2. The van der Waals surface area contributed by atoms with Gasteiger partial charge in [-0.3, -0.25) is 4.79 Å². The van der Waals surface area contributed by atoms with E-state index in [2.05, 4.69) is 15.5 Å². The van der Waals surface area contributed by atoms with Crippen molar-refractivity contribution in [2.45, 2.75) is 31.5 Å². The molecule has 0 saturated heterocycles. The van der Waals surface area contributed by atoms with Gasteiger partial charge in [0, 0.05) is 5.56 Å². The van der Waals surface area contributed by atoms with Crippen LogP contribution in [-0.4, -0.2) is 31.7 Å². The van der Waals surface area contributed by atoms with E-state index in [1.165, 1.54) is 23.1 Å². The number of tetrazole rings is 1. The van der Waals surface area contributed by atoms with E-state index in [9.17, 15) is 4.79 Å². The van der Waals surface area contributed by atoms with Crippen molar-refractivity contribution < 1.29 is 4.79 Å². The maximum Gasteiger partial charge on any atom is 0.210 e. The first-order valence-corrected chi connectivity index (χ1v) is 8.24. The first-order valence-electron chi connectivity index (χ1n) is 5.68. The lowest BCUT2D eigenvalue weighted by Crippen LogP contribution is -2.24. The average Bonchev–Trinajstić information content (AvgIpc) is 2.91. The van der Waals surface area contributed by atoms with Crippen molar-refractivity contribution in [2.75, 3.05) is 5.75 Å². The fraction of sp³-hybridized carbons (Fsp3) is 0.455. The number of carbonyl (C=O) groups excluding carboxylic acids is 1. The van der Waals surface area contributed by atoms with Crippen LogP contribution in [0.2, 0.25) is 8.67 Å². The third kappa shape index (κ3) is 3.52. The first kappa shape index (κ1) is 15.8. The molecule has 0 bridgehead atoms. The van der Waals surface area contributed by atoms with Crippen molar-refractivity contribution in [1.29, 1.82) is 0 Å². The van der Waals surface area contributed by atoms with Crippen molar-refractivity contribution in [1.82, 2.24) is 20.2 Å². The summed E-state index contributed by atoms with van der Waals surface area (Å²) in [5.41, 5.74) is 0.210. The lowest BCUT2D eigenvalue weighted by atomic mass is 10.1. The van der Waals surface area contributed by atoms with Gasteiger partial charge in [-0.15, -0.1) is 16.4 Å². The molecule has 2 aromatic heterocycles. The summed E-state index contributed by atoms with van der Waals surface area (Å²) < 4.78 is 2.60. The molecule has 2 aromatic rings. The SMILES string of the molecule is CC(C)(C)n1nnnc1SCC(=O)c1cc(Cl)sc1Cl. The molecule has 0 aromatic carbocycles. The Morgan fingerprint density at radius 2 is 2.15 bits per heavy atom. The number of hydrogen-bond donors (Lipinski definition) is 0. The Kier molecular flexibility index (Phi) is 4.73. The van der Waals surface area contributed by atoms with Crippen LogP contribution in [0.1, 0.15) is 31.1 Å². The van der Waals surface area contributed by atoms with Gasteiger partial charge in [-0.25, -0.2) is 4.68 Å². The molecule has 0 atom stereocenters. The van der Waals surface area contributed by atoms with Gasteiger partial charge in [0.2, 0.25) is 5.16 Å². The van der Waals surface area contributed by atoms with Gasteiger partial charge in [0.1, 0.15) is 4.34 Å². The summed E-state index contributed by atoms with van der Waals surface area (Å²) in [4.78, 5) is 12.1. The highest BCUT2D eigenvalue weighted by atomic mass is 35.5. The third-order valence-corrected chi connectivity index (χ3v) is 4.77. The minimum absolute atomic E-state index is 0.0911. The number of hydrogen-bond acceptors (Lipinski definition) is 6.